The lowest BCUT2D eigenvalue weighted by Gasteiger charge is -2.31. The van der Waals surface area contributed by atoms with Crippen molar-refractivity contribution in [2.24, 2.45) is 11.3 Å². The SMILES string of the molecule is CC(C)(C)[C@H]1OCC[C@@H]1CNC(=O)NCCc1ccco1. The van der Waals surface area contributed by atoms with E-state index in [1.165, 1.54) is 0 Å². The van der Waals surface area contributed by atoms with Crippen molar-refractivity contribution in [2.45, 2.75) is 39.7 Å². The molecular weight excluding hydrogens is 268 g/mol. The second-order valence-corrected chi connectivity index (χ2v) is 6.67. The Morgan fingerprint density at radius 2 is 2.19 bits per heavy atom. The Bertz CT molecular complexity index is 437. The molecule has 1 aromatic heterocycles. The molecule has 2 amide bonds. The molecule has 0 unspecified atom stereocenters. The quantitative estimate of drug-likeness (QED) is 0.877. The van der Waals surface area contributed by atoms with Gasteiger partial charge >= 0.3 is 6.03 Å². The van der Waals surface area contributed by atoms with Crippen molar-refractivity contribution in [3.8, 4) is 0 Å². The van der Waals surface area contributed by atoms with Crippen LogP contribution in [-0.4, -0.2) is 31.8 Å². The molecule has 1 saturated heterocycles. The van der Waals surface area contributed by atoms with Gasteiger partial charge in [0.1, 0.15) is 5.76 Å². The van der Waals surface area contributed by atoms with Crippen molar-refractivity contribution in [1.82, 2.24) is 10.6 Å². The summed E-state index contributed by atoms with van der Waals surface area (Å²) < 4.78 is 11.0. The van der Waals surface area contributed by atoms with E-state index in [1.54, 1.807) is 6.26 Å². The molecule has 5 heteroatoms. The van der Waals surface area contributed by atoms with E-state index in [0.717, 1.165) is 18.8 Å². The Labute approximate surface area is 126 Å². The summed E-state index contributed by atoms with van der Waals surface area (Å²) in [5, 5.41) is 5.79. The highest BCUT2D eigenvalue weighted by molar-refractivity contribution is 5.73. The maximum Gasteiger partial charge on any atom is 0.314 e. The number of ether oxygens (including phenoxy) is 1. The molecule has 1 aliphatic heterocycles. The fourth-order valence-electron chi connectivity index (χ4n) is 2.84. The fraction of sp³-hybridized carbons (Fsp3) is 0.688. The highest BCUT2D eigenvalue weighted by Gasteiger charge is 2.37. The van der Waals surface area contributed by atoms with Crippen molar-refractivity contribution < 1.29 is 13.9 Å². The first kappa shape index (κ1) is 15.9. The van der Waals surface area contributed by atoms with Crippen LogP contribution in [0.1, 0.15) is 33.0 Å². The van der Waals surface area contributed by atoms with Gasteiger partial charge in [0.25, 0.3) is 0 Å². The second-order valence-electron chi connectivity index (χ2n) is 6.67. The number of carbonyl (C=O) groups is 1. The summed E-state index contributed by atoms with van der Waals surface area (Å²) in [6.07, 6.45) is 3.56. The van der Waals surface area contributed by atoms with Gasteiger partial charge in [0.2, 0.25) is 0 Å². The summed E-state index contributed by atoms with van der Waals surface area (Å²) in [6, 6.07) is 3.63. The first-order valence-corrected chi connectivity index (χ1v) is 7.62. The minimum Gasteiger partial charge on any atom is -0.469 e. The number of amides is 2. The molecule has 0 radical (unpaired) electrons. The molecule has 2 rings (SSSR count). The van der Waals surface area contributed by atoms with Gasteiger partial charge in [-0.3, -0.25) is 0 Å². The van der Waals surface area contributed by atoms with Crippen LogP contribution >= 0.6 is 0 Å². The molecule has 1 aliphatic rings. The number of hydrogen-bond donors (Lipinski definition) is 2. The lowest BCUT2D eigenvalue weighted by Crippen LogP contribution is -2.42. The highest BCUT2D eigenvalue weighted by Crippen LogP contribution is 2.34. The van der Waals surface area contributed by atoms with Gasteiger partial charge in [-0.1, -0.05) is 20.8 Å². The number of carbonyl (C=O) groups excluding carboxylic acids is 1. The third-order valence-electron chi connectivity index (χ3n) is 3.83. The molecule has 118 valence electrons. The summed E-state index contributed by atoms with van der Waals surface area (Å²) in [4.78, 5) is 11.8. The van der Waals surface area contributed by atoms with Crippen LogP contribution in [0.15, 0.2) is 22.8 Å². The zero-order valence-electron chi connectivity index (χ0n) is 13.1. The maximum atomic E-state index is 11.8. The van der Waals surface area contributed by atoms with E-state index in [2.05, 4.69) is 31.4 Å². The first-order valence-electron chi connectivity index (χ1n) is 7.62. The molecule has 2 N–H and O–H groups in total. The van der Waals surface area contributed by atoms with Crippen LogP contribution in [0.4, 0.5) is 4.79 Å². The summed E-state index contributed by atoms with van der Waals surface area (Å²) in [5.74, 6) is 1.27. The van der Waals surface area contributed by atoms with Gasteiger partial charge in [0.05, 0.1) is 12.4 Å². The Kier molecular flexibility index (Phi) is 5.28. The fourth-order valence-corrected chi connectivity index (χ4v) is 2.84. The summed E-state index contributed by atoms with van der Waals surface area (Å²) in [6.45, 7) is 8.56. The molecule has 0 saturated carbocycles. The number of urea groups is 1. The van der Waals surface area contributed by atoms with Crippen molar-refractivity contribution in [2.75, 3.05) is 19.7 Å². The van der Waals surface area contributed by atoms with E-state index in [4.69, 9.17) is 9.15 Å². The van der Waals surface area contributed by atoms with Crippen LogP contribution in [0.5, 0.6) is 0 Å². The van der Waals surface area contributed by atoms with Crippen molar-refractivity contribution in [3.63, 3.8) is 0 Å². The van der Waals surface area contributed by atoms with Crippen molar-refractivity contribution >= 4 is 6.03 Å². The molecule has 2 heterocycles. The molecule has 2 atom stereocenters. The number of nitrogens with one attached hydrogen (secondary N) is 2. The van der Waals surface area contributed by atoms with E-state index >= 15 is 0 Å². The molecule has 0 aromatic carbocycles. The van der Waals surface area contributed by atoms with Gasteiger partial charge in [0.15, 0.2) is 0 Å². The van der Waals surface area contributed by atoms with Gasteiger partial charge < -0.3 is 19.8 Å². The average Bonchev–Trinajstić information content (AvgIpc) is 3.06. The zero-order chi connectivity index (χ0) is 15.3. The minimum atomic E-state index is -0.124. The predicted molar refractivity (Wildman–Crippen MR) is 81.1 cm³/mol. The number of hydrogen-bond acceptors (Lipinski definition) is 3. The van der Waals surface area contributed by atoms with E-state index in [0.29, 0.717) is 25.4 Å². The van der Waals surface area contributed by atoms with E-state index in [9.17, 15) is 4.79 Å². The average molecular weight is 294 g/mol. The van der Waals surface area contributed by atoms with E-state index in [1.807, 2.05) is 12.1 Å². The smallest absolute Gasteiger partial charge is 0.314 e. The van der Waals surface area contributed by atoms with Crippen LogP contribution < -0.4 is 10.6 Å². The molecule has 0 spiro atoms. The van der Waals surface area contributed by atoms with Gasteiger partial charge in [0, 0.05) is 32.0 Å². The number of furan rings is 1. The third kappa shape index (κ3) is 4.77. The predicted octanol–water partition coefficient (Wildman–Crippen LogP) is 2.57. The standard InChI is InChI=1S/C16H26N2O3/c1-16(2,3)14-12(7-10-21-14)11-18-15(19)17-8-6-13-5-4-9-20-13/h4-5,9,12,14H,6-8,10-11H2,1-3H3,(H2,17,18,19)/t12-,14+/m1/s1. The van der Waals surface area contributed by atoms with Gasteiger partial charge in [-0.05, 0) is 24.0 Å². The van der Waals surface area contributed by atoms with Crippen molar-refractivity contribution in [3.05, 3.63) is 24.2 Å². The molecule has 21 heavy (non-hydrogen) atoms. The molecule has 5 nitrogen and oxygen atoms in total. The maximum absolute atomic E-state index is 11.8. The molecular formula is C16H26N2O3. The number of rotatable bonds is 5. The van der Waals surface area contributed by atoms with Crippen LogP contribution in [0.25, 0.3) is 0 Å². The lowest BCUT2D eigenvalue weighted by molar-refractivity contribution is 0.00775. The molecule has 1 fully saturated rings. The Morgan fingerprint density at radius 1 is 1.38 bits per heavy atom. The van der Waals surface area contributed by atoms with Crippen LogP contribution in [0.2, 0.25) is 0 Å². The van der Waals surface area contributed by atoms with Crippen LogP contribution in [0, 0.1) is 11.3 Å². The summed E-state index contributed by atoms with van der Waals surface area (Å²) >= 11 is 0. The Hall–Kier alpha value is -1.49. The first-order chi connectivity index (χ1) is 9.97. The van der Waals surface area contributed by atoms with Gasteiger partial charge in [-0.2, -0.15) is 0 Å². The summed E-state index contributed by atoms with van der Waals surface area (Å²) in [7, 11) is 0. The van der Waals surface area contributed by atoms with Crippen LogP contribution in [-0.2, 0) is 11.2 Å². The van der Waals surface area contributed by atoms with Gasteiger partial charge in [-0.25, -0.2) is 4.79 Å². The largest absolute Gasteiger partial charge is 0.469 e. The highest BCUT2D eigenvalue weighted by atomic mass is 16.5. The summed E-state index contributed by atoms with van der Waals surface area (Å²) in [5.41, 5.74) is 0.110. The minimum absolute atomic E-state index is 0.110. The van der Waals surface area contributed by atoms with E-state index in [-0.39, 0.29) is 17.6 Å². The third-order valence-corrected chi connectivity index (χ3v) is 3.83. The van der Waals surface area contributed by atoms with Crippen LogP contribution in [0.3, 0.4) is 0 Å². The second kappa shape index (κ2) is 6.98. The Balaban J connectivity index is 1.66. The molecule has 1 aromatic rings. The topological polar surface area (TPSA) is 63.5 Å². The lowest BCUT2D eigenvalue weighted by atomic mass is 9.81. The Morgan fingerprint density at radius 3 is 2.86 bits per heavy atom. The molecule has 0 aliphatic carbocycles. The monoisotopic (exact) mass is 294 g/mol. The molecule has 0 bridgehead atoms. The van der Waals surface area contributed by atoms with Crippen molar-refractivity contribution in [1.29, 1.82) is 0 Å². The normalized spacial score (nSPS) is 22.2. The zero-order valence-corrected chi connectivity index (χ0v) is 13.1. The van der Waals surface area contributed by atoms with Gasteiger partial charge in [-0.15, -0.1) is 0 Å². The van der Waals surface area contributed by atoms with E-state index < -0.39 is 0 Å².